The van der Waals surface area contributed by atoms with Crippen molar-refractivity contribution in [2.45, 2.75) is 25.6 Å². The standard InChI is InChI=1S/C20H22F3N5O/c21-20(22,23)17-2-1-15(10-25-17)16(7-24)18-26-8-14(9-27-18)11-28-12-19(13-28)3-5-29-6-4-19/h1-2,7-10H,3-6,11-13,24H2/b16-7-. The van der Waals surface area contributed by atoms with E-state index in [-0.39, 0.29) is 0 Å². The average Bonchev–Trinajstić information content (AvgIpc) is 2.69. The lowest BCUT2D eigenvalue weighted by Crippen LogP contribution is -2.57. The Hall–Kier alpha value is -2.52. The van der Waals surface area contributed by atoms with Crippen molar-refractivity contribution < 1.29 is 17.9 Å². The molecule has 4 heterocycles. The van der Waals surface area contributed by atoms with Crippen LogP contribution in [0.5, 0.6) is 0 Å². The summed E-state index contributed by atoms with van der Waals surface area (Å²) in [6.07, 6.45) is 3.63. The topological polar surface area (TPSA) is 77.2 Å². The number of aromatic nitrogens is 3. The molecule has 1 spiro atoms. The quantitative estimate of drug-likeness (QED) is 0.843. The minimum atomic E-state index is -4.48. The number of ether oxygens (including phenoxy) is 1. The van der Waals surface area contributed by atoms with E-state index in [0.717, 1.165) is 63.5 Å². The lowest BCUT2D eigenvalue weighted by Gasteiger charge is -2.52. The van der Waals surface area contributed by atoms with Crippen molar-refractivity contribution in [1.29, 1.82) is 0 Å². The Morgan fingerprint density at radius 1 is 1.10 bits per heavy atom. The van der Waals surface area contributed by atoms with Crippen molar-refractivity contribution >= 4 is 5.57 Å². The normalized spacial score (nSPS) is 19.9. The third kappa shape index (κ3) is 4.25. The van der Waals surface area contributed by atoms with Gasteiger partial charge in [0.25, 0.3) is 0 Å². The van der Waals surface area contributed by atoms with Crippen LogP contribution in [0.2, 0.25) is 0 Å². The molecule has 6 nitrogen and oxygen atoms in total. The summed E-state index contributed by atoms with van der Waals surface area (Å²) in [6.45, 7) is 4.58. The molecule has 0 radical (unpaired) electrons. The summed E-state index contributed by atoms with van der Waals surface area (Å²) in [4.78, 5) is 14.5. The Morgan fingerprint density at radius 2 is 1.79 bits per heavy atom. The lowest BCUT2D eigenvalue weighted by molar-refractivity contribution is -0.141. The van der Waals surface area contributed by atoms with Crippen LogP contribution < -0.4 is 5.73 Å². The first-order chi connectivity index (χ1) is 13.9. The van der Waals surface area contributed by atoms with Crippen LogP contribution in [0.15, 0.2) is 36.9 Å². The van der Waals surface area contributed by atoms with Gasteiger partial charge in [-0.2, -0.15) is 13.2 Å². The van der Waals surface area contributed by atoms with Crippen LogP contribution in [0.4, 0.5) is 13.2 Å². The smallest absolute Gasteiger partial charge is 0.404 e. The second-order valence-electron chi connectivity index (χ2n) is 7.68. The number of likely N-dealkylation sites (tertiary alicyclic amines) is 1. The Balaban J connectivity index is 1.40. The van der Waals surface area contributed by atoms with Crippen molar-refractivity contribution in [3.8, 4) is 0 Å². The molecule has 0 saturated carbocycles. The highest BCUT2D eigenvalue weighted by Crippen LogP contribution is 2.40. The van der Waals surface area contributed by atoms with E-state index in [4.69, 9.17) is 10.5 Å². The maximum Gasteiger partial charge on any atom is 0.433 e. The van der Waals surface area contributed by atoms with Gasteiger partial charge in [-0.1, -0.05) is 6.07 Å². The summed E-state index contributed by atoms with van der Waals surface area (Å²) in [7, 11) is 0. The second kappa shape index (κ2) is 7.72. The van der Waals surface area contributed by atoms with Gasteiger partial charge in [-0.25, -0.2) is 9.97 Å². The summed E-state index contributed by atoms with van der Waals surface area (Å²) < 4.78 is 43.5. The van der Waals surface area contributed by atoms with E-state index < -0.39 is 11.9 Å². The van der Waals surface area contributed by atoms with E-state index in [1.54, 1.807) is 12.4 Å². The molecular weight excluding hydrogens is 383 g/mol. The van der Waals surface area contributed by atoms with Crippen molar-refractivity contribution in [3.63, 3.8) is 0 Å². The number of nitrogens with two attached hydrogens (primary N) is 1. The highest BCUT2D eigenvalue weighted by molar-refractivity contribution is 5.75. The van der Waals surface area contributed by atoms with Crippen molar-refractivity contribution in [2.24, 2.45) is 11.1 Å². The molecule has 2 fully saturated rings. The Morgan fingerprint density at radius 3 is 2.34 bits per heavy atom. The third-order valence-electron chi connectivity index (χ3n) is 5.56. The Labute approximate surface area is 166 Å². The van der Waals surface area contributed by atoms with E-state index in [9.17, 15) is 13.2 Å². The summed E-state index contributed by atoms with van der Waals surface area (Å²) in [6, 6.07) is 2.24. The molecule has 0 amide bonds. The minimum absolute atomic E-state index is 0.349. The molecule has 0 atom stereocenters. The molecule has 0 bridgehead atoms. The molecule has 2 aromatic heterocycles. The zero-order valence-corrected chi connectivity index (χ0v) is 15.8. The summed E-state index contributed by atoms with van der Waals surface area (Å²) in [5, 5.41) is 0. The number of pyridine rings is 1. The summed E-state index contributed by atoms with van der Waals surface area (Å²) in [5.41, 5.74) is 6.98. The first-order valence-corrected chi connectivity index (χ1v) is 9.45. The SMILES string of the molecule is N/C=C(/c1ccc(C(F)(F)F)nc1)c1ncc(CN2CC3(CCOCC3)C2)cn1. The van der Waals surface area contributed by atoms with Crippen LogP contribution in [0.1, 0.15) is 35.5 Å². The summed E-state index contributed by atoms with van der Waals surface area (Å²) in [5.74, 6) is 0.349. The molecule has 0 aliphatic carbocycles. The van der Waals surface area contributed by atoms with Crippen molar-refractivity contribution in [1.82, 2.24) is 19.9 Å². The van der Waals surface area contributed by atoms with Crippen molar-refractivity contribution in [3.05, 3.63) is 59.6 Å². The second-order valence-corrected chi connectivity index (χ2v) is 7.68. The van der Waals surface area contributed by atoms with Gasteiger partial charge in [-0.3, -0.25) is 9.88 Å². The highest BCUT2D eigenvalue weighted by atomic mass is 19.4. The maximum atomic E-state index is 12.7. The third-order valence-corrected chi connectivity index (χ3v) is 5.56. The first kappa shape index (κ1) is 19.8. The van der Waals surface area contributed by atoms with Gasteiger partial charge in [0.05, 0.1) is 0 Å². The molecule has 9 heteroatoms. The maximum absolute atomic E-state index is 12.7. The van der Waals surface area contributed by atoms with Crippen LogP contribution in [0.25, 0.3) is 5.57 Å². The van der Waals surface area contributed by atoms with Gasteiger partial charge in [0.2, 0.25) is 0 Å². The lowest BCUT2D eigenvalue weighted by atomic mass is 9.73. The van der Waals surface area contributed by atoms with Crippen LogP contribution >= 0.6 is 0 Å². The molecule has 0 unspecified atom stereocenters. The number of halogens is 3. The predicted octanol–water partition coefficient (Wildman–Crippen LogP) is 2.85. The monoisotopic (exact) mass is 405 g/mol. The van der Waals surface area contributed by atoms with Gasteiger partial charge < -0.3 is 10.5 Å². The fraction of sp³-hybridized carbons (Fsp3) is 0.450. The molecule has 2 N–H and O–H groups in total. The predicted molar refractivity (Wildman–Crippen MR) is 100 cm³/mol. The zero-order valence-electron chi connectivity index (χ0n) is 15.8. The number of hydrogen-bond donors (Lipinski definition) is 1. The van der Waals surface area contributed by atoms with Crippen LogP contribution in [-0.4, -0.2) is 46.2 Å². The van der Waals surface area contributed by atoms with Crippen molar-refractivity contribution in [2.75, 3.05) is 26.3 Å². The van der Waals surface area contributed by atoms with Gasteiger partial charge in [-0.05, 0) is 18.9 Å². The Kier molecular flexibility index (Phi) is 5.26. The minimum Gasteiger partial charge on any atom is -0.404 e. The molecular formula is C20H22F3N5O. The molecule has 4 rings (SSSR count). The van der Waals surface area contributed by atoms with E-state index in [1.807, 2.05) is 0 Å². The van der Waals surface area contributed by atoms with Crippen LogP contribution in [-0.2, 0) is 17.5 Å². The molecule has 2 aliphatic heterocycles. The molecule has 154 valence electrons. The van der Waals surface area contributed by atoms with Crippen LogP contribution in [0.3, 0.4) is 0 Å². The number of nitrogens with zero attached hydrogens (tertiary/aromatic N) is 4. The van der Waals surface area contributed by atoms with Gasteiger partial charge in [0, 0.05) is 79.8 Å². The van der Waals surface area contributed by atoms with E-state index >= 15 is 0 Å². The summed E-state index contributed by atoms with van der Waals surface area (Å²) >= 11 is 0. The number of alkyl halides is 3. The average molecular weight is 405 g/mol. The Bertz CT molecular complexity index is 866. The molecule has 2 saturated heterocycles. The van der Waals surface area contributed by atoms with E-state index in [1.165, 1.54) is 12.3 Å². The van der Waals surface area contributed by atoms with Gasteiger partial charge in [0.1, 0.15) is 5.69 Å². The van der Waals surface area contributed by atoms with Crippen LogP contribution in [0, 0.1) is 5.41 Å². The van der Waals surface area contributed by atoms with E-state index in [2.05, 4.69) is 19.9 Å². The van der Waals surface area contributed by atoms with Gasteiger partial charge in [-0.15, -0.1) is 0 Å². The van der Waals surface area contributed by atoms with E-state index in [0.29, 0.717) is 22.4 Å². The first-order valence-electron chi connectivity index (χ1n) is 9.45. The number of hydrogen-bond acceptors (Lipinski definition) is 6. The molecule has 29 heavy (non-hydrogen) atoms. The molecule has 2 aliphatic rings. The fourth-order valence-electron chi connectivity index (χ4n) is 3.99. The van der Waals surface area contributed by atoms with Gasteiger partial charge >= 0.3 is 6.18 Å². The zero-order chi connectivity index (χ0) is 20.5. The largest absolute Gasteiger partial charge is 0.433 e. The number of rotatable bonds is 4. The molecule has 0 aromatic carbocycles. The highest BCUT2D eigenvalue weighted by Gasteiger charge is 2.43. The van der Waals surface area contributed by atoms with Gasteiger partial charge in [0.15, 0.2) is 5.82 Å². The fourth-order valence-corrected chi connectivity index (χ4v) is 3.99. The molecule has 2 aromatic rings.